The second-order valence-corrected chi connectivity index (χ2v) is 7.68. The number of rotatable bonds is 4. The van der Waals surface area contributed by atoms with E-state index in [1.165, 1.54) is 30.3 Å². The highest BCUT2D eigenvalue weighted by molar-refractivity contribution is 7.90. The molecule has 0 bridgehead atoms. The van der Waals surface area contributed by atoms with Gasteiger partial charge >= 0.3 is 10.5 Å². The topological polar surface area (TPSA) is 90.4 Å². The maximum atomic E-state index is 12.7. The molecule has 0 aliphatic carbocycles. The lowest BCUT2D eigenvalue weighted by atomic mass is 10.1. The van der Waals surface area contributed by atoms with Crippen molar-refractivity contribution in [3.63, 3.8) is 0 Å². The van der Waals surface area contributed by atoms with Crippen molar-refractivity contribution in [1.29, 1.82) is 0 Å². The highest BCUT2D eigenvalue weighted by atomic mass is 35.5. The van der Waals surface area contributed by atoms with Crippen LogP contribution in [0, 0.1) is 0 Å². The van der Waals surface area contributed by atoms with Gasteiger partial charge in [0.15, 0.2) is 9.84 Å². The van der Waals surface area contributed by atoms with E-state index in [4.69, 9.17) is 11.6 Å². The summed E-state index contributed by atoms with van der Waals surface area (Å²) >= 11 is 5.78. The second kappa shape index (κ2) is 5.82. The van der Waals surface area contributed by atoms with Crippen molar-refractivity contribution >= 4 is 31.9 Å². The van der Waals surface area contributed by atoms with E-state index in [9.17, 15) is 20.7 Å². The monoisotopic (exact) mass is 365 g/mol. The van der Waals surface area contributed by atoms with Crippen LogP contribution in [-0.4, -0.2) is 28.1 Å². The van der Waals surface area contributed by atoms with Crippen molar-refractivity contribution in [3.05, 3.63) is 41.6 Å². The first-order valence-corrected chi connectivity index (χ1v) is 9.24. The Labute approximate surface area is 131 Å². The molecule has 0 spiro atoms. The zero-order valence-corrected chi connectivity index (χ0v) is 13.4. The Morgan fingerprint density at radius 3 is 2.23 bits per heavy atom. The fraction of sp³-hybridized carbons (Fsp3) is 0.0833. The second-order valence-electron chi connectivity index (χ2n) is 4.28. The van der Waals surface area contributed by atoms with E-state index >= 15 is 0 Å². The molecular formula is C12H9ClFNO5S2. The Balaban J connectivity index is 2.54. The van der Waals surface area contributed by atoms with E-state index in [1.807, 2.05) is 0 Å². The molecule has 10 heteroatoms. The van der Waals surface area contributed by atoms with Gasteiger partial charge < -0.3 is 4.18 Å². The molecule has 22 heavy (non-hydrogen) atoms. The molecule has 0 fully saturated rings. The van der Waals surface area contributed by atoms with Crippen molar-refractivity contribution in [2.24, 2.45) is 0 Å². The zero-order valence-electron chi connectivity index (χ0n) is 11.0. The first-order valence-electron chi connectivity index (χ1n) is 5.66. The Morgan fingerprint density at radius 1 is 1.14 bits per heavy atom. The van der Waals surface area contributed by atoms with Gasteiger partial charge in [0.25, 0.3) is 0 Å². The minimum Gasteiger partial charge on any atom is -0.337 e. The lowest BCUT2D eigenvalue weighted by Crippen LogP contribution is -2.04. The molecule has 0 aliphatic rings. The molecule has 1 heterocycles. The molecule has 0 atom stereocenters. The van der Waals surface area contributed by atoms with Crippen LogP contribution in [0.1, 0.15) is 0 Å². The van der Waals surface area contributed by atoms with Crippen molar-refractivity contribution in [1.82, 2.24) is 4.98 Å². The quantitative estimate of drug-likeness (QED) is 0.773. The number of nitrogens with zero attached hydrogens (tertiary/aromatic N) is 1. The summed E-state index contributed by atoms with van der Waals surface area (Å²) in [4.78, 5) is 3.70. The number of halogens is 2. The third-order valence-corrected chi connectivity index (χ3v) is 4.28. The molecule has 0 N–H and O–H groups in total. The maximum Gasteiger partial charge on any atom is 0.490 e. The molecule has 1 aromatic heterocycles. The minimum atomic E-state index is -5.25. The Bertz CT molecular complexity index is 911. The lowest BCUT2D eigenvalue weighted by Gasteiger charge is -2.08. The number of hydrogen-bond acceptors (Lipinski definition) is 6. The third kappa shape index (κ3) is 4.15. The summed E-state index contributed by atoms with van der Waals surface area (Å²) in [5.74, 6) is -0.501. The van der Waals surface area contributed by atoms with E-state index in [0.717, 1.165) is 12.5 Å². The van der Waals surface area contributed by atoms with Gasteiger partial charge in [-0.05, 0) is 23.8 Å². The predicted molar refractivity (Wildman–Crippen MR) is 78.4 cm³/mol. The molecule has 0 amide bonds. The van der Waals surface area contributed by atoms with Crippen molar-refractivity contribution in [3.8, 4) is 17.0 Å². The Hall–Kier alpha value is -1.71. The average molecular weight is 366 g/mol. The van der Waals surface area contributed by atoms with Gasteiger partial charge in [-0.15, -0.1) is 0 Å². The highest BCUT2D eigenvalue weighted by Gasteiger charge is 2.17. The van der Waals surface area contributed by atoms with E-state index in [-0.39, 0.29) is 15.5 Å². The lowest BCUT2D eigenvalue weighted by molar-refractivity contribution is 0.433. The van der Waals surface area contributed by atoms with Gasteiger partial charge in [-0.3, -0.25) is 0 Å². The molecular weight excluding hydrogens is 357 g/mol. The number of hydrogen-bond donors (Lipinski definition) is 0. The first kappa shape index (κ1) is 16.7. The van der Waals surface area contributed by atoms with E-state index < -0.39 is 26.2 Å². The summed E-state index contributed by atoms with van der Waals surface area (Å²) in [5, 5.41) is 0.172. The molecule has 0 radical (unpaired) electrons. The summed E-state index contributed by atoms with van der Waals surface area (Å²) in [6, 6.07) is 6.77. The molecule has 0 saturated carbocycles. The van der Waals surface area contributed by atoms with Crippen LogP contribution in [0.25, 0.3) is 11.1 Å². The van der Waals surface area contributed by atoms with Gasteiger partial charge in [0, 0.05) is 18.0 Å². The van der Waals surface area contributed by atoms with Crippen molar-refractivity contribution < 1.29 is 24.9 Å². The maximum absolute atomic E-state index is 12.7. The number of benzene rings is 1. The van der Waals surface area contributed by atoms with Crippen LogP contribution in [0.4, 0.5) is 3.89 Å². The summed E-state index contributed by atoms with van der Waals surface area (Å²) < 4.78 is 60.9. The smallest absolute Gasteiger partial charge is 0.337 e. The highest BCUT2D eigenvalue weighted by Crippen LogP contribution is 2.32. The molecule has 118 valence electrons. The molecule has 2 aromatic rings. The normalized spacial score (nSPS) is 12.1. The Kier molecular flexibility index (Phi) is 4.41. The first-order chi connectivity index (χ1) is 10.1. The molecule has 0 aliphatic heterocycles. The van der Waals surface area contributed by atoms with Crippen molar-refractivity contribution in [2.45, 2.75) is 4.90 Å². The van der Waals surface area contributed by atoms with Gasteiger partial charge in [-0.1, -0.05) is 27.6 Å². The Morgan fingerprint density at radius 2 is 1.73 bits per heavy atom. The number of pyridine rings is 1. The van der Waals surface area contributed by atoms with Gasteiger partial charge in [0.2, 0.25) is 5.88 Å². The predicted octanol–water partition coefficient (Wildman–Crippen LogP) is 2.40. The van der Waals surface area contributed by atoms with Gasteiger partial charge in [-0.2, -0.15) is 8.42 Å². The molecule has 1 aromatic carbocycles. The molecule has 0 unspecified atom stereocenters. The SMILES string of the molecule is CS(=O)(=O)c1ccc(-c2cc(Cl)cnc2OS(=O)(=O)F)cc1. The summed E-state index contributed by atoms with van der Waals surface area (Å²) in [6.07, 6.45) is 2.14. The molecule has 0 saturated heterocycles. The zero-order chi connectivity index (χ0) is 16.5. The number of sulfone groups is 1. The fourth-order valence-corrected chi connectivity index (χ4v) is 2.79. The van der Waals surface area contributed by atoms with Crippen LogP contribution in [0.2, 0.25) is 5.02 Å². The van der Waals surface area contributed by atoms with Crippen LogP contribution in [-0.2, 0) is 20.3 Å². The van der Waals surface area contributed by atoms with Crippen molar-refractivity contribution in [2.75, 3.05) is 6.26 Å². The van der Waals surface area contributed by atoms with E-state index in [2.05, 4.69) is 9.17 Å². The molecule has 6 nitrogen and oxygen atoms in total. The van der Waals surface area contributed by atoms with Crippen LogP contribution in [0.5, 0.6) is 5.88 Å². The molecule has 2 rings (SSSR count). The van der Waals surface area contributed by atoms with Gasteiger partial charge in [0.05, 0.1) is 9.92 Å². The van der Waals surface area contributed by atoms with Crippen LogP contribution in [0.3, 0.4) is 0 Å². The summed E-state index contributed by atoms with van der Waals surface area (Å²) in [6.45, 7) is 0. The average Bonchev–Trinajstić information content (AvgIpc) is 2.38. The summed E-state index contributed by atoms with van der Waals surface area (Å²) in [5.41, 5.74) is 0.467. The standard InChI is InChI=1S/C12H9ClFNO5S2/c1-21(16,17)10-4-2-8(3-5-10)11-6-9(13)7-15-12(11)20-22(14,18)19/h2-7H,1H3. The van der Waals surface area contributed by atoms with Gasteiger partial charge in [-0.25, -0.2) is 13.4 Å². The summed E-state index contributed by atoms with van der Waals surface area (Å²) in [7, 11) is -8.63. The largest absolute Gasteiger partial charge is 0.490 e. The van der Waals surface area contributed by atoms with Gasteiger partial charge in [0.1, 0.15) is 0 Å². The van der Waals surface area contributed by atoms with Crippen LogP contribution >= 0.6 is 11.6 Å². The van der Waals surface area contributed by atoms with Crippen LogP contribution < -0.4 is 4.18 Å². The minimum absolute atomic E-state index is 0.0758. The fourth-order valence-electron chi connectivity index (χ4n) is 1.68. The van der Waals surface area contributed by atoms with Crippen LogP contribution in [0.15, 0.2) is 41.4 Å². The van der Waals surface area contributed by atoms with E-state index in [1.54, 1.807) is 0 Å². The van der Waals surface area contributed by atoms with E-state index in [0.29, 0.717) is 5.56 Å². The third-order valence-electron chi connectivity index (χ3n) is 2.59. The number of aromatic nitrogens is 1.